The molecule has 2 saturated heterocycles. The number of carbonyl (C=O) groups excluding carboxylic acids is 2. The van der Waals surface area contributed by atoms with Gasteiger partial charge in [0, 0.05) is 49.3 Å². The van der Waals surface area contributed by atoms with E-state index in [0.717, 1.165) is 5.56 Å². The molecular formula is C26H35NO12. The molecule has 2 aliphatic heterocycles. The number of hydrogen-bond acceptors (Lipinski definition) is 12. The zero-order valence-electron chi connectivity index (χ0n) is 21.8. The highest BCUT2D eigenvalue weighted by molar-refractivity contribution is 5.92. The fourth-order valence-corrected chi connectivity index (χ4v) is 5.13. The van der Waals surface area contributed by atoms with Crippen molar-refractivity contribution in [1.29, 1.82) is 0 Å². The number of ether oxygens (including phenoxy) is 4. The number of aliphatic hydroxyl groups excluding tert-OH is 4. The van der Waals surface area contributed by atoms with E-state index in [1.807, 2.05) is 0 Å². The van der Waals surface area contributed by atoms with Gasteiger partial charge in [0.1, 0.15) is 18.3 Å². The van der Waals surface area contributed by atoms with Crippen molar-refractivity contribution in [2.24, 2.45) is 0 Å². The van der Waals surface area contributed by atoms with E-state index < -0.39 is 55.8 Å². The van der Waals surface area contributed by atoms with Crippen molar-refractivity contribution in [2.45, 2.75) is 68.7 Å². The number of aryl methyl sites for hydroxylation is 1. The summed E-state index contributed by atoms with van der Waals surface area (Å²) in [6.45, 7) is 1.06. The molecule has 0 spiro atoms. The first kappa shape index (κ1) is 29.1. The average molecular weight is 554 g/mol. The molecule has 6 N–H and O–H groups in total. The maximum Gasteiger partial charge on any atom is 0.306 e. The standard InChI is InChI=1S/C26H35NO12/c1-3-36-19(31)5-4-13-8-15-16(14-9-18(30)27-10-14)12-37-22(15)23(35-2)21(13)39-25-26(34,6-7-28)24(33)20(32)17(11-29)38-25/h8,12,14,17,20,24-25,28-29,32-34H,3-7,9-11H2,1-2H3,(H,27,30)/t14-,17+,20+,24-,25-,26+/m0/s1. The molecule has 0 aliphatic carbocycles. The Morgan fingerprint density at radius 2 is 2.03 bits per heavy atom. The van der Waals surface area contributed by atoms with Crippen molar-refractivity contribution in [1.82, 2.24) is 5.32 Å². The number of hydrogen-bond donors (Lipinski definition) is 6. The Kier molecular flexibility index (Phi) is 8.99. The Morgan fingerprint density at radius 3 is 2.64 bits per heavy atom. The SMILES string of the molecule is CCOC(=O)CCc1cc2c([C@@H]3CNC(=O)C3)coc2c(OC)c1O[C@@H]1O[C@H](CO)[C@@H](O)[C@H](O)[C@]1(O)CCO. The first-order valence-corrected chi connectivity index (χ1v) is 12.8. The van der Waals surface area contributed by atoms with Gasteiger partial charge < -0.3 is 54.2 Å². The van der Waals surface area contributed by atoms with Gasteiger partial charge in [-0.05, 0) is 25.0 Å². The zero-order valence-corrected chi connectivity index (χ0v) is 21.8. The van der Waals surface area contributed by atoms with Gasteiger partial charge in [-0.1, -0.05) is 0 Å². The molecule has 39 heavy (non-hydrogen) atoms. The van der Waals surface area contributed by atoms with Crippen molar-refractivity contribution in [3.8, 4) is 11.5 Å². The summed E-state index contributed by atoms with van der Waals surface area (Å²) in [4.78, 5) is 24.1. The predicted octanol–water partition coefficient (Wildman–Crippen LogP) is -0.528. The highest BCUT2D eigenvalue weighted by Gasteiger charge is 2.56. The van der Waals surface area contributed by atoms with Gasteiger partial charge >= 0.3 is 5.97 Å². The first-order chi connectivity index (χ1) is 18.7. The van der Waals surface area contributed by atoms with Crippen LogP contribution in [0.25, 0.3) is 11.0 Å². The molecule has 1 aromatic carbocycles. The van der Waals surface area contributed by atoms with Gasteiger partial charge in [-0.15, -0.1) is 0 Å². The van der Waals surface area contributed by atoms with E-state index >= 15 is 0 Å². The van der Waals surface area contributed by atoms with Crippen LogP contribution >= 0.6 is 0 Å². The molecule has 3 heterocycles. The molecule has 1 aromatic heterocycles. The van der Waals surface area contributed by atoms with Crippen LogP contribution in [0.5, 0.6) is 11.5 Å². The third-order valence-corrected chi connectivity index (χ3v) is 7.25. The van der Waals surface area contributed by atoms with E-state index in [9.17, 15) is 35.1 Å². The van der Waals surface area contributed by atoms with Crippen molar-refractivity contribution >= 4 is 22.8 Å². The number of fused-ring (bicyclic) bond motifs is 1. The van der Waals surface area contributed by atoms with E-state index in [0.29, 0.717) is 17.5 Å². The second kappa shape index (κ2) is 12.1. The minimum absolute atomic E-state index is 0.0252. The molecule has 2 aromatic rings. The van der Waals surface area contributed by atoms with E-state index in [4.69, 9.17) is 23.4 Å². The molecule has 2 fully saturated rings. The van der Waals surface area contributed by atoms with Crippen LogP contribution in [0, 0.1) is 0 Å². The van der Waals surface area contributed by atoms with E-state index in [-0.39, 0.29) is 54.8 Å². The van der Waals surface area contributed by atoms with E-state index in [2.05, 4.69) is 5.32 Å². The highest BCUT2D eigenvalue weighted by atomic mass is 16.7. The molecule has 13 heteroatoms. The summed E-state index contributed by atoms with van der Waals surface area (Å²) in [7, 11) is 1.37. The molecule has 2 aliphatic rings. The smallest absolute Gasteiger partial charge is 0.306 e. The van der Waals surface area contributed by atoms with Crippen LogP contribution in [-0.4, -0.2) is 101 Å². The lowest BCUT2D eigenvalue weighted by Gasteiger charge is -2.47. The fraction of sp³-hybridized carbons (Fsp3) is 0.615. The average Bonchev–Trinajstić information content (AvgIpc) is 3.53. The van der Waals surface area contributed by atoms with Crippen LogP contribution < -0.4 is 14.8 Å². The number of rotatable bonds is 11. The number of amides is 1. The maximum absolute atomic E-state index is 12.2. The van der Waals surface area contributed by atoms with Gasteiger partial charge in [0.05, 0.1) is 26.6 Å². The summed E-state index contributed by atoms with van der Waals surface area (Å²) < 4.78 is 28.3. The summed E-state index contributed by atoms with van der Waals surface area (Å²) in [5.74, 6) is -0.555. The lowest BCUT2D eigenvalue weighted by Crippen LogP contribution is -2.68. The monoisotopic (exact) mass is 553 g/mol. The molecule has 216 valence electrons. The summed E-state index contributed by atoms with van der Waals surface area (Å²) in [5, 5.41) is 55.0. The minimum atomic E-state index is -2.28. The molecular weight excluding hydrogens is 518 g/mol. The van der Waals surface area contributed by atoms with Crippen molar-refractivity contribution < 1.29 is 58.5 Å². The summed E-state index contributed by atoms with van der Waals surface area (Å²) in [6, 6.07) is 1.73. The second-order valence-corrected chi connectivity index (χ2v) is 9.68. The van der Waals surface area contributed by atoms with Gasteiger partial charge in [-0.25, -0.2) is 0 Å². The van der Waals surface area contributed by atoms with Crippen molar-refractivity contribution in [3.63, 3.8) is 0 Å². The van der Waals surface area contributed by atoms with Crippen molar-refractivity contribution in [3.05, 3.63) is 23.5 Å². The largest absolute Gasteiger partial charge is 0.490 e. The number of furan rings is 1. The number of esters is 1. The molecule has 0 saturated carbocycles. The van der Waals surface area contributed by atoms with Crippen LogP contribution in [0.1, 0.15) is 43.2 Å². The van der Waals surface area contributed by atoms with Crippen LogP contribution in [0.4, 0.5) is 0 Å². The van der Waals surface area contributed by atoms with E-state index in [1.165, 1.54) is 13.4 Å². The number of methoxy groups -OCH3 is 1. The van der Waals surface area contributed by atoms with Crippen LogP contribution in [0.15, 0.2) is 16.7 Å². The molecule has 0 radical (unpaired) electrons. The van der Waals surface area contributed by atoms with Gasteiger partial charge in [0.25, 0.3) is 0 Å². The Bertz CT molecular complexity index is 1180. The number of nitrogens with one attached hydrogen (secondary N) is 1. The predicted molar refractivity (Wildman–Crippen MR) is 133 cm³/mol. The third-order valence-electron chi connectivity index (χ3n) is 7.25. The molecule has 13 nitrogen and oxygen atoms in total. The first-order valence-electron chi connectivity index (χ1n) is 12.8. The van der Waals surface area contributed by atoms with Gasteiger partial charge in [-0.2, -0.15) is 0 Å². The van der Waals surface area contributed by atoms with Gasteiger partial charge in [0.2, 0.25) is 17.9 Å². The Labute approximate surface area is 224 Å². The van der Waals surface area contributed by atoms with E-state index in [1.54, 1.807) is 13.0 Å². The third kappa shape index (κ3) is 5.55. The second-order valence-electron chi connectivity index (χ2n) is 9.68. The topological polar surface area (TPSA) is 197 Å². The fourth-order valence-electron chi connectivity index (χ4n) is 5.13. The quantitative estimate of drug-likeness (QED) is 0.195. The summed E-state index contributed by atoms with van der Waals surface area (Å²) >= 11 is 0. The van der Waals surface area contributed by atoms with Crippen molar-refractivity contribution in [2.75, 3.05) is 33.5 Å². The van der Waals surface area contributed by atoms with Gasteiger partial charge in [-0.3, -0.25) is 9.59 Å². The Hall–Kier alpha value is -2.94. The van der Waals surface area contributed by atoms with Crippen LogP contribution in [-0.2, 0) is 25.5 Å². The van der Waals surface area contributed by atoms with Crippen LogP contribution in [0.3, 0.4) is 0 Å². The van der Waals surface area contributed by atoms with Crippen LogP contribution in [0.2, 0.25) is 0 Å². The number of aliphatic hydroxyl groups is 5. The number of benzene rings is 1. The molecule has 6 atom stereocenters. The molecule has 4 rings (SSSR count). The highest BCUT2D eigenvalue weighted by Crippen LogP contribution is 2.46. The Morgan fingerprint density at radius 1 is 1.26 bits per heavy atom. The maximum atomic E-state index is 12.2. The van der Waals surface area contributed by atoms with Gasteiger partial charge in [0.15, 0.2) is 16.9 Å². The molecule has 0 unspecified atom stereocenters. The summed E-state index contributed by atoms with van der Waals surface area (Å²) in [6.07, 6.45) is -4.99. The Balaban J connectivity index is 1.81. The lowest BCUT2D eigenvalue weighted by molar-refractivity contribution is -0.323. The lowest BCUT2D eigenvalue weighted by atomic mass is 9.84. The minimum Gasteiger partial charge on any atom is -0.490 e. The number of carbonyl (C=O) groups is 2. The normalized spacial score (nSPS) is 28.9. The molecule has 0 bridgehead atoms. The summed E-state index contributed by atoms with van der Waals surface area (Å²) in [5.41, 5.74) is -0.788. The molecule has 1 amide bonds. The zero-order chi connectivity index (χ0) is 28.3.